The number of rotatable bonds is 5. The van der Waals surface area contributed by atoms with Crippen molar-refractivity contribution in [2.75, 3.05) is 19.7 Å². The minimum atomic E-state index is -0.227. The number of pyridine rings is 1. The molecule has 2 aliphatic rings. The molecule has 11 nitrogen and oxygen atoms in total. The first kappa shape index (κ1) is 26.3. The zero-order valence-electron chi connectivity index (χ0n) is 21.9. The summed E-state index contributed by atoms with van der Waals surface area (Å²) in [5.74, 6) is 1.12. The highest BCUT2D eigenvalue weighted by Crippen LogP contribution is 2.28. The second-order valence-corrected chi connectivity index (χ2v) is 9.89. The molecule has 3 aromatic rings. The van der Waals surface area contributed by atoms with Crippen LogP contribution in [0.4, 0.5) is 0 Å². The van der Waals surface area contributed by atoms with Crippen LogP contribution in [0.25, 0.3) is 11.4 Å². The van der Waals surface area contributed by atoms with E-state index in [0.717, 1.165) is 11.1 Å². The zero-order chi connectivity index (χ0) is 27.2. The number of carbonyl (C=O) groups excluding carboxylic acids is 3. The van der Waals surface area contributed by atoms with Crippen LogP contribution in [0.3, 0.4) is 0 Å². The lowest BCUT2D eigenvalue weighted by Gasteiger charge is -2.30. The highest BCUT2D eigenvalue weighted by Gasteiger charge is 2.37. The molecule has 0 radical (unpaired) electrons. The molecule has 3 amide bonds. The van der Waals surface area contributed by atoms with Gasteiger partial charge in [-0.25, -0.2) is 0 Å². The fourth-order valence-electron chi connectivity index (χ4n) is 5.10. The van der Waals surface area contributed by atoms with Gasteiger partial charge in [0.05, 0.1) is 6.54 Å². The van der Waals surface area contributed by atoms with Gasteiger partial charge >= 0.3 is 0 Å². The SMILES string of the molecule is Cc1ccc2cc1OCCNC(=O)C[C@@H]1CC[C@H](CNC2=O)N1C(=O)CCCc1nc(-c2cccnc2)no1. The van der Waals surface area contributed by atoms with Crippen molar-refractivity contribution < 1.29 is 23.6 Å². The summed E-state index contributed by atoms with van der Waals surface area (Å²) >= 11 is 0. The monoisotopic (exact) mass is 532 g/mol. The number of carbonyl (C=O) groups is 3. The second-order valence-electron chi connectivity index (χ2n) is 9.89. The molecule has 0 unspecified atom stereocenters. The molecule has 39 heavy (non-hydrogen) atoms. The third-order valence-corrected chi connectivity index (χ3v) is 7.13. The van der Waals surface area contributed by atoms with Gasteiger partial charge in [-0.05, 0) is 56.0 Å². The third kappa shape index (κ3) is 6.42. The predicted octanol–water partition coefficient (Wildman–Crippen LogP) is 2.45. The molecule has 0 spiro atoms. The smallest absolute Gasteiger partial charge is 0.251 e. The minimum Gasteiger partial charge on any atom is -0.491 e. The molecule has 4 heterocycles. The van der Waals surface area contributed by atoms with E-state index in [4.69, 9.17) is 9.26 Å². The highest BCUT2D eigenvalue weighted by molar-refractivity contribution is 5.94. The van der Waals surface area contributed by atoms with Gasteiger partial charge < -0.3 is 24.8 Å². The molecular formula is C28H32N6O5. The Balaban J connectivity index is 1.24. The summed E-state index contributed by atoms with van der Waals surface area (Å²) in [5.41, 5.74) is 2.16. The molecule has 1 saturated heterocycles. The van der Waals surface area contributed by atoms with Crippen molar-refractivity contribution >= 4 is 17.7 Å². The number of nitrogens with one attached hydrogen (secondary N) is 2. The molecule has 1 fully saturated rings. The first-order chi connectivity index (χ1) is 19.0. The van der Waals surface area contributed by atoms with Crippen molar-refractivity contribution in [3.05, 3.63) is 59.7 Å². The molecule has 4 bridgehead atoms. The van der Waals surface area contributed by atoms with Crippen molar-refractivity contribution in [1.29, 1.82) is 0 Å². The lowest BCUT2D eigenvalue weighted by atomic mass is 10.1. The van der Waals surface area contributed by atoms with Crippen molar-refractivity contribution in [2.45, 2.75) is 57.5 Å². The average molecular weight is 533 g/mol. The van der Waals surface area contributed by atoms with Crippen LogP contribution in [0.5, 0.6) is 5.75 Å². The van der Waals surface area contributed by atoms with Crippen LogP contribution in [0.2, 0.25) is 0 Å². The van der Waals surface area contributed by atoms with Gasteiger partial charge in [-0.15, -0.1) is 0 Å². The second kappa shape index (κ2) is 12.1. The number of nitrogens with zero attached hydrogens (tertiary/aromatic N) is 4. The van der Waals surface area contributed by atoms with E-state index in [9.17, 15) is 14.4 Å². The molecule has 204 valence electrons. The maximum atomic E-state index is 13.4. The van der Waals surface area contributed by atoms with Gasteiger partial charge in [0.2, 0.25) is 23.5 Å². The largest absolute Gasteiger partial charge is 0.491 e. The van der Waals surface area contributed by atoms with Gasteiger partial charge in [0.15, 0.2) is 0 Å². The molecule has 11 heteroatoms. The summed E-state index contributed by atoms with van der Waals surface area (Å²) in [6.07, 6.45) is 6.19. The van der Waals surface area contributed by atoms with Crippen molar-refractivity contribution in [2.24, 2.45) is 0 Å². The van der Waals surface area contributed by atoms with Gasteiger partial charge in [0.1, 0.15) is 12.4 Å². The summed E-state index contributed by atoms with van der Waals surface area (Å²) in [7, 11) is 0. The summed E-state index contributed by atoms with van der Waals surface area (Å²) in [6, 6.07) is 8.54. The molecule has 0 saturated carbocycles. The van der Waals surface area contributed by atoms with Crippen LogP contribution < -0.4 is 15.4 Å². The van der Waals surface area contributed by atoms with Gasteiger partial charge in [0.25, 0.3) is 5.91 Å². The number of hydrogen-bond acceptors (Lipinski definition) is 8. The molecular weight excluding hydrogens is 500 g/mol. The molecule has 5 rings (SSSR count). The topological polar surface area (TPSA) is 140 Å². The first-order valence-electron chi connectivity index (χ1n) is 13.3. The lowest BCUT2D eigenvalue weighted by molar-refractivity contribution is -0.135. The van der Waals surface area contributed by atoms with Crippen molar-refractivity contribution in [1.82, 2.24) is 30.7 Å². The van der Waals surface area contributed by atoms with Crippen LogP contribution >= 0.6 is 0 Å². The van der Waals surface area contributed by atoms with Gasteiger partial charge in [-0.2, -0.15) is 4.98 Å². The Kier molecular flexibility index (Phi) is 8.14. The maximum Gasteiger partial charge on any atom is 0.251 e. The van der Waals surface area contributed by atoms with Crippen molar-refractivity contribution in [3.63, 3.8) is 0 Å². The summed E-state index contributed by atoms with van der Waals surface area (Å²) in [6.45, 7) is 2.84. The van der Waals surface area contributed by atoms with E-state index in [0.29, 0.717) is 61.8 Å². The fourth-order valence-corrected chi connectivity index (χ4v) is 5.10. The number of aromatic nitrogens is 3. The maximum absolute atomic E-state index is 13.4. The summed E-state index contributed by atoms with van der Waals surface area (Å²) in [5, 5.41) is 9.87. The predicted molar refractivity (Wildman–Crippen MR) is 141 cm³/mol. The van der Waals surface area contributed by atoms with E-state index in [1.807, 2.05) is 19.1 Å². The van der Waals surface area contributed by atoms with Crippen LogP contribution in [-0.2, 0) is 16.0 Å². The number of benzene rings is 1. The summed E-state index contributed by atoms with van der Waals surface area (Å²) in [4.78, 5) is 49.3. The van der Waals surface area contributed by atoms with Crippen LogP contribution in [-0.4, -0.2) is 69.5 Å². The van der Waals surface area contributed by atoms with E-state index in [1.165, 1.54) is 0 Å². The summed E-state index contributed by atoms with van der Waals surface area (Å²) < 4.78 is 11.2. The Bertz CT molecular complexity index is 1330. The molecule has 1 aromatic carbocycles. The highest BCUT2D eigenvalue weighted by atomic mass is 16.5. The zero-order valence-corrected chi connectivity index (χ0v) is 21.9. The van der Waals surface area contributed by atoms with Gasteiger partial charge in [-0.1, -0.05) is 11.2 Å². The minimum absolute atomic E-state index is 0.0539. The van der Waals surface area contributed by atoms with Gasteiger partial charge in [-0.3, -0.25) is 19.4 Å². The number of ether oxygens (including phenoxy) is 1. The van der Waals surface area contributed by atoms with Crippen LogP contribution in [0, 0.1) is 6.92 Å². The third-order valence-electron chi connectivity index (χ3n) is 7.13. The van der Waals surface area contributed by atoms with Gasteiger partial charge in [0, 0.05) is 61.4 Å². The molecule has 2 atom stereocenters. The Morgan fingerprint density at radius 1 is 1.13 bits per heavy atom. The van der Waals surface area contributed by atoms with Crippen LogP contribution in [0.15, 0.2) is 47.2 Å². The molecule has 2 aromatic heterocycles. The molecule has 0 aliphatic carbocycles. The standard InChI is InChI=1S/C28H32N6O5/c1-18-7-8-19-14-23(18)38-13-12-30-24(35)15-21-9-10-22(17-31-28(19)37)34(21)26(36)6-2-5-25-32-27(33-39-25)20-4-3-11-29-16-20/h3-4,7-8,11,14,16,21-22H,2,5-6,9-10,12-13,15,17H2,1H3,(H,30,35)(H,31,37)/t21-,22+/m0/s1. The average Bonchev–Trinajstić information content (AvgIpc) is 3.58. The Hall–Kier alpha value is -4.28. The molecule has 2 N–H and O–H groups in total. The number of hydrogen-bond donors (Lipinski definition) is 2. The Morgan fingerprint density at radius 3 is 2.85 bits per heavy atom. The van der Waals surface area contributed by atoms with E-state index in [1.54, 1.807) is 35.5 Å². The number of fused-ring (bicyclic) bond motifs is 4. The normalized spacial score (nSPS) is 19.9. The van der Waals surface area contributed by atoms with Crippen LogP contribution in [0.1, 0.15) is 53.9 Å². The number of aryl methyl sites for hydroxylation is 2. The Labute approximate surface area is 226 Å². The first-order valence-corrected chi connectivity index (χ1v) is 13.3. The van der Waals surface area contributed by atoms with E-state index < -0.39 is 0 Å². The molecule has 2 aliphatic heterocycles. The van der Waals surface area contributed by atoms with Crippen molar-refractivity contribution in [3.8, 4) is 17.1 Å². The Morgan fingerprint density at radius 2 is 2.00 bits per heavy atom. The van der Waals surface area contributed by atoms with E-state index in [-0.39, 0.29) is 49.3 Å². The van der Waals surface area contributed by atoms with E-state index in [2.05, 4.69) is 25.8 Å². The lowest BCUT2D eigenvalue weighted by Crippen LogP contribution is -2.47. The number of amides is 3. The quantitative estimate of drug-likeness (QED) is 0.511. The fraction of sp³-hybridized carbons (Fsp3) is 0.429. The van der Waals surface area contributed by atoms with E-state index >= 15 is 0 Å².